The Morgan fingerprint density at radius 3 is 2.63 bits per heavy atom. The molecule has 7 fully saturated rings. The van der Waals surface area contributed by atoms with Crippen LogP contribution in [0.3, 0.4) is 0 Å². The number of aliphatic imine (C=N–C) groups is 1. The van der Waals surface area contributed by atoms with Crippen molar-refractivity contribution in [2.24, 2.45) is 45.9 Å². The van der Waals surface area contributed by atoms with Gasteiger partial charge in [-0.05, 0) is 65.7 Å². The largest absolute Gasteiger partial charge is 0.297 e. The first-order valence-corrected chi connectivity index (χ1v) is 12.0. The molecule has 0 radical (unpaired) electrons. The average Bonchev–Trinajstić information content (AvgIpc) is 3.53. The van der Waals surface area contributed by atoms with Crippen LogP contribution in [-0.2, 0) is 4.79 Å². The summed E-state index contributed by atoms with van der Waals surface area (Å²) < 4.78 is 0. The minimum absolute atomic E-state index is 0.0845. The van der Waals surface area contributed by atoms with Crippen LogP contribution in [0.15, 0.2) is 23.2 Å². The molecule has 4 nitrogen and oxygen atoms in total. The van der Waals surface area contributed by atoms with Gasteiger partial charge in [0.25, 0.3) is 0 Å². The number of carbonyl (C=O) groups excluding carboxylic acids is 1. The van der Waals surface area contributed by atoms with Crippen molar-refractivity contribution in [1.82, 2.24) is 4.90 Å². The summed E-state index contributed by atoms with van der Waals surface area (Å²) in [6.45, 7) is 6.45. The molecule has 9 unspecified atom stereocenters. The van der Waals surface area contributed by atoms with Crippen LogP contribution in [0.4, 0.5) is 5.69 Å². The van der Waals surface area contributed by atoms with Crippen molar-refractivity contribution in [2.75, 3.05) is 0 Å². The molecule has 10 atom stereocenters. The highest BCUT2D eigenvalue weighted by molar-refractivity contribution is 6.12. The minimum atomic E-state index is -0.0845. The topological polar surface area (TPSA) is 56.2 Å². The highest BCUT2D eigenvalue weighted by Crippen LogP contribution is 2.95. The third-order valence-corrected chi connectivity index (χ3v) is 10.6. The van der Waals surface area contributed by atoms with Crippen LogP contribution in [0.25, 0.3) is 0 Å². The molecular weight excluding hydrogens is 370 g/mol. The summed E-state index contributed by atoms with van der Waals surface area (Å²) in [7, 11) is 0. The zero-order valence-corrected chi connectivity index (χ0v) is 17.8. The second-order valence-corrected chi connectivity index (χ2v) is 11.6. The van der Waals surface area contributed by atoms with Gasteiger partial charge in [-0.25, -0.2) is 0 Å². The van der Waals surface area contributed by atoms with Crippen LogP contribution in [0.2, 0.25) is 0 Å². The second kappa shape index (κ2) is 4.60. The Bertz CT molecular complexity index is 1130. The van der Waals surface area contributed by atoms with Crippen molar-refractivity contribution in [3.8, 4) is 6.07 Å². The first-order valence-electron chi connectivity index (χ1n) is 12.0. The Hall–Kier alpha value is -1.99. The maximum Gasteiger partial charge on any atom is 0.158 e. The molecule has 0 aromatic heterocycles. The van der Waals surface area contributed by atoms with E-state index in [4.69, 9.17) is 4.99 Å². The van der Waals surface area contributed by atoms with Crippen LogP contribution >= 0.6 is 0 Å². The van der Waals surface area contributed by atoms with Gasteiger partial charge in [-0.2, -0.15) is 5.26 Å². The normalized spacial score (nSPS) is 50.4. The summed E-state index contributed by atoms with van der Waals surface area (Å²) in [6, 6.07) is 9.42. The van der Waals surface area contributed by atoms with E-state index >= 15 is 0 Å². The van der Waals surface area contributed by atoms with E-state index in [1.807, 2.05) is 6.07 Å². The average molecular weight is 398 g/mol. The van der Waals surface area contributed by atoms with E-state index in [0.717, 1.165) is 23.1 Å². The number of hydrogen-bond donors (Lipinski definition) is 0. The third-order valence-electron chi connectivity index (χ3n) is 10.6. The lowest BCUT2D eigenvalue weighted by Crippen LogP contribution is -2.62. The van der Waals surface area contributed by atoms with Crippen molar-refractivity contribution in [1.29, 1.82) is 5.26 Å². The van der Waals surface area contributed by atoms with Crippen LogP contribution in [0, 0.1) is 52.3 Å². The van der Waals surface area contributed by atoms with Gasteiger partial charge in [0.2, 0.25) is 0 Å². The first kappa shape index (κ1) is 16.7. The van der Waals surface area contributed by atoms with Gasteiger partial charge in [0.15, 0.2) is 5.78 Å². The van der Waals surface area contributed by atoms with Gasteiger partial charge >= 0.3 is 0 Å². The summed E-state index contributed by atoms with van der Waals surface area (Å²) in [6.07, 6.45) is 4.12. The number of carbonyl (C=O) groups is 1. The lowest BCUT2D eigenvalue weighted by atomic mass is 9.69. The van der Waals surface area contributed by atoms with Gasteiger partial charge in [-0.15, -0.1) is 0 Å². The molecule has 4 saturated carbocycles. The lowest BCUT2D eigenvalue weighted by molar-refractivity contribution is -0.131. The molecule has 0 spiro atoms. The van der Waals surface area contributed by atoms with E-state index in [-0.39, 0.29) is 11.5 Å². The Morgan fingerprint density at radius 2 is 2.00 bits per heavy atom. The first-order chi connectivity index (χ1) is 14.5. The maximum absolute atomic E-state index is 13.1. The summed E-state index contributed by atoms with van der Waals surface area (Å²) >= 11 is 0. The van der Waals surface area contributed by atoms with Crippen LogP contribution in [-0.4, -0.2) is 34.0 Å². The zero-order chi connectivity index (χ0) is 20.3. The Morgan fingerprint density at radius 1 is 1.23 bits per heavy atom. The summed E-state index contributed by atoms with van der Waals surface area (Å²) in [5.41, 5.74) is 5.00. The van der Waals surface area contributed by atoms with Crippen LogP contribution in [0.5, 0.6) is 0 Å². The monoisotopic (exact) mass is 397 g/mol. The number of Topliss-reactive ketones (excluding diaryl/α,β-unsaturated/α-hetero) is 1. The van der Waals surface area contributed by atoms with Gasteiger partial charge in [0.1, 0.15) is 5.54 Å². The van der Waals surface area contributed by atoms with E-state index in [1.165, 1.54) is 30.5 Å². The number of rotatable bonds is 5. The minimum Gasteiger partial charge on any atom is -0.297 e. The molecule has 1 aromatic carbocycles. The molecule has 10 rings (SSSR count). The molecule has 30 heavy (non-hydrogen) atoms. The van der Waals surface area contributed by atoms with Crippen molar-refractivity contribution >= 4 is 17.2 Å². The summed E-state index contributed by atoms with van der Waals surface area (Å²) in [5, 5.41) is 9.42. The quantitative estimate of drug-likeness (QED) is 0.704. The van der Waals surface area contributed by atoms with Crippen molar-refractivity contribution in [2.45, 2.75) is 63.6 Å². The lowest BCUT2D eigenvalue weighted by Gasteiger charge is -2.46. The molecule has 5 aliphatic heterocycles. The molecule has 4 bridgehead atoms. The van der Waals surface area contributed by atoms with Gasteiger partial charge in [-0.3, -0.25) is 14.7 Å². The van der Waals surface area contributed by atoms with E-state index in [0.29, 0.717) is 47.0 Å². The molecule has 4 heteroatoms. The van der Waals surface area contributed by atoms with E-state index < -0.39 is 0 Å². The molecule has 0 amide bonds. The van der Waals surface area contributed by atoms with Gasteiger partial charge < -0.3 is 0 Å². The third kappa shape index (κ3) is 1.42. The number of benzene rings is 1. The van der Waals surface area contributed by atoms with Crippen molar-refractivity contribution < 1.29 is 4.79 Å². The van der Waals surface area contributed by atoms with E-state index in [9.17, 15) is 10.1 Å². The fourth-order valence-corrected chi connectivity index (χ4v) is 8.43. The predicted octanol–water partition coefficient (Wildman–Crippen LogP) is 4.07. The van der Waals surface area contributed by atoms with Crippen LogP contribution < -0.4 is 0 Å². The molecule has 9 aliphatic rings. The zero-order valence-electron chi connectivity index (χ0n) is 17.8. The highest BCUT2D eigenvalue weighted by atomic mass is 16.1. The van der Waals surface area contributed by atoms with Gasteiger partial charge in [-0.1, -0.05) is 27.2 Å². The Labute approximate surface area is 177 Å². The van der Waals surface area contributed by atoms with Crippen molar-refractivity contribution in [3.63, 3.8) is 0 Å². The van der Waals surface area contributed by atoms with Crippen LogP contribution in [0.1, 0.15) is 57.1 Å². The van der Waals surface area contributed by atoms with Crippen molar-refractivity contribution in [3.05, 3.63) is 29.3 Å². The SMILES string of the molecule is CC(C)[C@@H](C)C(=O)C12C3C(C4=Nc5ccc(C#N)cc5C5C6C4C56C4CCC4)N1C32. The molecule has 5 heterocycles. The molecule has 1 aromatic rings. The maximum atomic E-state index is 13.1. The standard InChI is InChI=1S/C26H27N3O/c1-11(2)12(3)24(30)26-20-22(29(26)23(20)26)21-19-18-17(25(18,19)14-5-4-6-14)15-9-13(10-27)7-8-16(15)28-21/h7-9,11-12,14,17-20,22-23H,4-6H2,1-3H3/t12-,17?,18?,19?,20?,22?,23?,25?,26?,29?/m1/s1. The van der Waals surface area contributed by atoms with Gasteiger partial charge in [0, 0.05) is 29.5 Å². The predicted molar refractivity (Wildman–Crippen MR) is 112 cm³/mol. The number of nitriles is 1. The highest BCUT2D eigenvalue weighted by Gasteiger charge is 3.04. The second-order valence-electron chi connectivity index (χ2n) is 11.6. The Balaban J connectivity index is 1.16. The smallest absolute Gasteiger partial charge is 0.158 e. The Kier molecular flexibility index (Phi) is 2.56. The number of hydrogen-bond acceptors (Lipinski definition) is 4. The summed E-state index contributed by atoms with van der Waals surface area (Å²) in [5.74, 6) is 4.51. The van der Waals surface area contributed by atoms with Gasteiger partial charge in [0.05, 0.1) is 23.4 Å². The number of nitrogens with zero attached hydrogens (tertiary/aromatic N) is 3. The number of ketones is 1. The van der Waals surface area contributed by atoms with E-state index in [1.54, 1.807) is 0 Å². The molecule has 3 saturated heterocycles. The molecule has 4 aliphatic carbocycles. The molecule has 152 valence electrons. The fraction of sp³-hybridized carbons (Fsp3) is 0.654. The molecule has 0 N–H and O–H groups in total. The van der Waals surface area contributed by atoms with E-state index in [2.05, 4.69) is 43.9 Å². The number of fused-ring (bicyclic) bond motifs is 1. The molecular formula is C26H27N3O. The fourth-order valence-electron chi connectivity index (χ4n) is 8.43. The summed E-state index contributed by atoms with van der Waals surface area (Å²) in [4.78, 5) is 20.9.